The number of nitrogens with one attached hydrogen (secondary N) is 5. The first kappa shape index (κ1) is 18.2. The second-order valence-electron chi connectivity index (χ2n) is 5.38. The van der Waals surface area contributed by atoms with E-state index in [-0.39, 0.29) is 6.29 Å². The number of hydrazine groups is 3. The van der Waals surface area contributed by atoms with Crippen molar-refractivity contribution in [3.63, 3.8) is 0 Å². The lowest BCUT2D eigenvalue weighted by molar-refractivity contribution is 0.284. The molecule has 0 bridgehead atoms. The molecule has 2 aromatic rings. The van der Waals surface area contributed by atoms with Crippen LogP contribution in [0, 0.1) is 0 Å². The van der Waals surface area contributed by atoms with E-state index in [1.807, 2.05) is 36.4 Å². The van der Waals surface area contributed by atoms with Crippen LogP contribution in [-0.4, -0.2) is 13.4 Å². The van der Waals surface area contributed by atoms with Gasteiger partial charge in [-0.3, -0.25) is 5.32 Å². The zero-order chi connectivity index (χ0) is 17.6. The van der Waals surface area contributed by atoms with Crippen molar-refractivity contribution in [1.29, 1.82) is 0 Å². The molecule has 3 rings (SSSR count). The molecule has 25 heavy (non-hydrogen) atoms. The fourth-order valence-electron chi connectivity index (χ4n) is 2.33. The molecule has 0 amide bonds. The smallest absolute Gasteiger partial charge is 0.180 e. The van der Waals surface area contributed by atoms with E-state index in [2.05, 4.69) is 27.2 Å². The Labute approximate surface area is 155 Å². The summed E-state index contributed by atoms with van der Waals surface area (Å²) < 4.78 is 11.3. The van der Waals surface area contributed by atoms with Gasteiger partial charge in [-0.15, -0.1) is 0 Å². The SMILES string of the molecule is COc1cc(CNC2NNNN2)cc(Cl)c1OCc1ccc(Cl)cc1. The Bertz CT molecular complexity index is 708. The summed E-state index contributed by atoms with van der Waals surface area (Å²) >= 11 is 12.3. The monoisotopic (exact) mass is 383 g/mol. The van der Waals surface area contributed by atoms with Gasteiger partial charge >= 0.3 is 0 Å². The van der Waals surface area contributed by atoms with Gasteiger partial charge in [-0.25, -0.2) is 10.9 Å². The molecule has 1 fully saturated rings. The molecule has 0 spiro atoms. The second kappa shape index (κ2) is 8.68. The lowest BCUT2D eigenvalue weighted by Crippen LogP contribution is -2.46. The summed E-state index contributed by atoms with van der Waals surface area (Å²) in [6.07, 6.45) is -0.106. The zero-order valence-electron chi connectivity index (χ0n) is 13.5. The number of benzene rings is 2. The van der Waals surface area contributed by atoms with Gasteiger partial charge in [0.1, 0.15) is 12.9 Å². The normalized spacial score (nSPS) is 14.7. The van der Waals surface area contributed by atoms with Crippen LogP contribution in [0.5, 0.6) is 11.5 Å². The van der Waals surface area contributed by atoms with Gasteiger partial charge in [-0.1, -0.05) is 35.3 Å². The lowest BCUT2D eigenvalue weighted by Gasteiger charge is -2.16. The number of ether oxygens (including phenoxy) is 2. The maximum Gasteiger partial charge on any atom is 0.180 e. The first-order valence-electron chi connectivity index (χ1n) is 7.64. The predicted octanol–water partition coefficient (Wildman–Crippen LogP) is 2.07. The molecule has 7 nitrogen and oxygen atoms in total. The molecule has 0 aliphatic carbocycles. The van der Waals surface area contributed by atoms with Crippen LogP contribution in [0.2, 0.25) is 10.0 Å². The fraction of sp³-hybridized carbons (Fsp3) is 0.250. The molecule has 0 radical (unpaired) electrons. The van der Waals surface area contributed by atoms with Gasteiger partial charge < -0.3 is 9.47 Å². The summed E-state index contributed by atoms with van der Waals surface area (Å²) in [7, 11) is 1.59. The third-order valence-electron chi connectivity index (χ3n) is 3.59. The minimum Gasteiger partial charge on any atom is -0.493 e. The van der Waals surface area contributed by atoms with E-state index in [0.717, 1.165) is 11.1 Å². The van der Waals surface area contributed by atoms with Crippen LogP contribution in [-0.2, 0) is 13.2 Å². The quantitative estimate of drug-likeness (QED) is 0.500. The summed E-state index contributed by atoms with van der Waals surface area (Å²) in [6.45, 7) is 0.958. The molecular weight excluding hydrogens is 365 g/mol. The molecule has 1 aliphatic heterocycles. The summed E-state index contributed by atoms with van der Waals surface area (Å²) in [5.74, 6) is 1.10. The highest BCUT2D eigenvalue weighted by molar-refractivity contribution is 6.32. The molecular formula is C16H19Cl2N5O2. The van der Waals surface area contributed by atoms with Crippen molar-refractivity contribution >= 4 is 23.2 Å². The molecule has 1 saturated heterocycles. The van der Waals surface area contributed by atoms with Gasteiger partial charge in [0.2, 0.25) is 0 Å². The van der Waals surface area contributed by atoms with E-state index in [1.165, 1.54) is 0 Å². The largest absolute Gasteiger partial charge is 0.493 e. The fourth-order valence-corrected chi connectivity index (χ4v) is 2.74. The number of hydrogen-bond donors (Lipinski definition) is 5. The third-order valence-corrected chi connectivity index (χ3v) is 4.12. The standard InChI is InChI=1S/C16H19Cl2N5O2/c1-24-14-7-11(8-19-16-20-22-23-21-16)6-13(18)15(14)25-9-10-2-4-12(17)5-3-10/h2-7,16,19-23H,8-9H2,1H3. The minimum atomic E-state index is -0.106. The Balaban J connectivity index is 1.67. The Morgan fingerprint density at radius 3 is 2.44 bits per heavy atom. The Morgan fingerprint density at radius 1 is 1.04 bits per heavy atom. The molecule has 1 aliphatic rings. The number of methoxy groups -OCH3 is 1. The van der Waals surface area contributed by atoms with Crippen molar-refractivity contribution < 1.29 is 9.47 Å². The first-order chi connectivity index (χ1) is 12.2. The highest BCUT2D eigenvalue weighted by Crippen LogP contribution is 2.37. The van der Waals surface area contributed by atoms with E-state index >= 15 is 0 Å². The van der Waals surface area contributed by atoms with E-state index in [1.54, 1.807) is 7.11 Å². The molecule has 5 N–H and O–H groups in total. The van der Waals surface area contributed by atoms with E-state index in [0.29, 0.717) is 34.7 Å². The van der Waals surface area contributed by atoms with Gasteiger partial charge in [-0.05, 0) is 35.4 Å². The molecule has 9 heteroatoms. The van der Waals surface area contributed by atoms with Crippen molar-refractivity contribution in [1.82, 2.24) is 27.2 Å². The van der Waals surface area contributed by atoms with Crippen LogP contribution in [0.15, 0.2) is 36.4 Å². The highest BCUT2D eigenvalue weighted by Gasteiger charge is 2.15. The zero-order valence-corrected chi connectivity index (χ0v) is 15.0. The number of rotatable bonds is 7. The van der Waals surface area contributed by atoms with Crippen LogP contribution < -0.4 is 36.7 Å². The van der Waals surface area contributed by atoms with Crippen LogP contribution in [0.4, 0.5) is 0 Å². The maximum absolute atomic E-state index is 6.39. The second-order valence-corrected chi connectivity index (χ2v) is 6.22. The highest BCUT2D eigenvalue weighted by atomic mass is 35.5. The Hall–Kier alpha value is -1.58. The topological polar surface area (TPSA) is 78.6 Å². The molecule has 0 saturated carbocycles. The lowest BCUT2D eigenvalue weighted by atomic mass is 10.2. The molecule has 1 heterocycles. The molecule has 0 unspecified atom stereocenters. The molecule has 0 aromatic heterocycles. The Kier molecular flexibility index (Phi) is 6.33. The van der Waals surface area contributed by atoms with Crippen molar-refractivity contribution in [2.45, 2.75) is 19.4 Å². The van der Waals surface area contributed by atoms with Crippen LogP contribution in [0.25, 0.3) is 0 Å². The van der Waals surface area contributed by atoms with Crippen molar-refractivity contribution in [2.75, 3.05) is 7.11 Å². The minimum absolute atomic E-state index is 0.106. The predicted molar refractivity (Wildman–Crippen MR) is 97.0 cm³/mol. The van der Waals surface area contributed by atoms with Crippen molar-refractivity contribution in [3.05, 3.63) is 57.6 Å². The first-order valence-corrected chi connectivity index (χ1v) is 8.39. The van der Waals surface area contributed by atoms with E-state index in [9.17, 15) is 0 Å². The van der Waals surface area contributed by atoms with E-state index < -0.39 is 0 Å². The van der Waals surface area contributed by atoms with Gasteiger partial charge in [0.25, 0.3) is 0 Å². The molecule has 0 atom stereocenters. The molecule has 2 aromatic carbocycles. The molecule has 134 valence electrons. The average molecular weight is 384 g/mol. The van der Waals surface area contributed by atoms with Crippen LogP contribution in [0.1, 0.15) is 11.1 Å². The average Bonchev–Trinajstić information content (AvgIpc) is 3.13. The van der Waals surface area contributed by atoms with E-state index in [4.69, 9.17) is 32.7 Å². The van der Waals surface area contributed by atoms with Gasteiger partial charge in [-0.2, -0.15) is 11.1 Å². The third kappa shape index (κ3) is 4.96. The summed E-state index contributed by atoms with van der Waals surface area (Å²) in [5, 5.41) is 4.43. The van der Waals surface area contributed by atoms with Crippen molar-refractivity contribution in [2.24, 2.45) is 0 Å². The van der Waals surface area contributed by atoms with Crippen LogP contribution in [0.3, 0.4) is 0 Å². The summed E-state index contributed by atoms with van der Waals surface area (Å²) in [5.41, 5.74) is 13.3. The Morgan fingerprint density at radius 2 is 1.76 bits per heavy atom. The number of halogens is 2. The van der Waals surface area contributed by atoms with Crippen molar-refractivity contribution in [3.8, 4) is 11.5 Å². The summed E-state index contributed by atoms with van der Waals surface area (Å²) in [6, 6.07) is 11.2. The van der Waals surface area contributed by atoms with Crippen LogP contribution >= 0.6 is 23.2 Å². The van der Waals surface area contributed by atoms with Gasteiger partial charge in [0, 0.05) is 11.6 Å². The summed E-state index contributed by atoms with van der Waals surface area (Å²) in [4.78, 5) is 0. The maximum atomic E-state index is 6.39. The number of hydrogen-bond acceptors (Lipinski definition) is 7. The van der Waals surface area contributed by atoms with Gasteiger partial charge in [0.05, 0.1) is 12.1 Å². The van der Waals surface area contributed by atoms with Gasteiger partial charge in [0.15, 0.2) is 11.5 Å².